The predicted molar refractivity (Wildman–Crippen MR) is 174 cm³/mol. The van der Waals surface area contributed by atoms with Crippen molar-refractivity contribution in [2.75, 3.05) is 32.8 Å². The average molecular weight is 619 g/mol. The fraction of sp³-hybridized carbons (Fsp3) is 0.417. The first kappa shape index (κ1) is 33.2. The first-order chi connectivity index (χ1) is 21.3. The first-order valence-electron chi connectivity index (χ1n) is 15.5. The van der Waals surface area contributed by atoms with Gasteiger partial charge in [-0.15, -0.1) is 0 Å². The molecule has 0 radical (unpaired) electrons. The standard InChI is InChI=1S/C36H43ClN2O5/c1-3-43-32(19-20-34(41)44-4-2)38-27-35(28-11-7-5-8-12-28,29-13-9-6-10-14-29)22-21-33(40)39-25-23-36(42,24-26-39)30-15-17-31(37)18-16-30/h5-18,42H,3-4,19-27H2,1-2H3. The highest BCUT2D eigenvalue weighted by atomic mass is 35.5. The summed E-state index contributed by atoms with van der Waals surface area (Å²) in [5.74, 6) is 0.267. The Morgan fingerprint density at radius 3 is 1.95 bits per heavy atom. The van der Waals surface area contributed by atoms with Crippen LogP contribution in [0.2, 0.25) is 5.02 Å². The number of piperidine rings is 1. The summed E-state index contributed by atoms with van der Waals surface area (Å²) in [5, 5.41) is 12.0. The van der Waals surface area contributed by atoms with Crippen molar-refractivity contribution in [3.05, 3.63) is 107 Å². The number of benzene rings is 3. The van der Waals surface area contributed by atoms with Crippen LogP contribution in [0.4, 0.5) is 0 Å². The molecule has 1 heterocycles. The van der Waals surface area contributed by atoms with Gasteiger partial charge < -0.3 is 19.5 Å². The highest BCUT2D eigenvalue weighted by Crippen LogP contribution is 2.39. The number of carbonyl (C=O) groups excluding carboxylic acids is 2. The fourth-order valence-electron chi connectivity index (χ4n) is 5.91. The van der Waals surface area contributed by atoms with Gasteiger partial charge in [-0.3, -0.25) is 14.6 Å². The molecule has 3 aromatic carbocycles. The van der Waals surface area contributed by atoms with Gasteiger partial charge in [-0.05, 0) is 61.9 Å². The maximum absolute atomic E-state index is 13.7. The number of rotatable bonds is 13. The summed E-state index contributed by atoms with van der Waals surface area (Å²) in [6, 6.07) is 27.6. The van der Waals surface area contributed by atoms with E-state index in [1.165, 1.54) is 0 Å². The number of amides is 1. The fourth-order valence-corrected chi connectivity index (χ4v) is 6.04. The Balaban J connectivity index is 1.56. The Bertz CT molecular complexity index is 1330. The van der Waals surface area contributed by atoms with Crippen LogP contribution >= 0.6 is 11.6 Å². The van der Waals surface area contributed by atoms with Gasteiger partial charge in [0.05, 0.1) is 31.8 Å². The normalized spacial score (nSPS) is 15.1. The summed E-state index contributed by atoms with van der Waals surface area (Å²) >= 11 is 6.05. The molecule has 0 spiro atoms. The second-order valence-electron chi connectivity index (χ2n) is 11.2. The molecule has 8 heteroatoms. The molecule has 0 saturated carbocycles. The van der Waals surface area contributed by atoms with Gasteiger partial charge in [0.2, 0.25) is 5.91 Å². The molecule has 0 aliphatic carbocycles. The van der Waals surface area contributed by atoms with Crippen molar-refractivity contribution < 1.29 is 24.2 Å². The Hall–Kier alpha value is -3.68. The lowest BCUT2D eigenvalue weighted by Gasteiger charge is -2.39. The molecule has 4 rings (SSSR count). The van der Waals surface area contributed by atoms with E-state index >= 15 is 0 Å². The second kappa shape index (κ2) is 15.9. The molecule has 1 aliphatic rings. The molecule has 1 saturated heterocycles. The van der Waals surface area contributed by atoms with Crippen molar-refractivity contribution in [1.82, 2.24) is 4.90 Å². The number of aliphatic imine (C=N–C) groups is 1. The molecule has 0 bridgehead atoms. The number of likely N-dealkylation sites (tertiary alicyclic amines) is 1. The van der Waals surface area contributed by atoms with Crippen LogP contribution in [0.25, 0.3) is 0 Å². The van der Waals surface area contributed by atoms with Crippen LogP contribution in [-0.2, 0) is 30.1 Å². The largest absolute Gasteiger partial charge is 0.481 e. The van der Waals surface area contributed by atoms with E-state index < -0.39 is 11.0 Å². The number of esters is 1. The van der Waals surface area contributed by atoms with E-state index in [0.29, 0.717) is 75.9 Å². The van der Waals surface area contributed by atoms with Crippen molar-refractivity contribution in [2.24, 2.45) is 4.99 Å². The maximum Gasteiger partial charge on any atom is 0.306 e. The Kier molecular flexibility index (Phi) is 12.0. The van der Waals surface area contributed by atoms with E-state index in [1.807, 2.05) is 60.4 Å². The predicted octanol–water partition coefficient (Wildman–Crippen LogP) is 6.69. The summed E-state index contributed by atoms with van der Waals surface area (Å²) < 4.78 is 11.0. The van der Waals surface area contributed by atoms with Gasteiger partial charge in [-0.1, -0.05) is 84.4 Å². The molecule has 0 unspecified atom stereocenters. The van der Waals surface area contributed by atoms with E-state index in [0.717, 1.165) is 16.7 Å². The van der Waals surface area contributed by atoms with Crippen LogP contribution in [0.15, 0.2) is 89.9 Å². The Morgan fingerprint density at radius 1 is 0.841 bits per heavy atom. The molecule has 1 amide bonds. The van der Waals surface area contributed by atoms with Crippen molar-refractivity contribution in [3.8, 4) is 0 Å². The Morgan fingerprint density at radius 2 is 1.41 bits per heavy atom. The minimum absolute atomic E-state index is 0.0516. The SMILES string of the molecule is CCOC(=O)CCC(=NCC(CCC(=O)N1CCC(O)(c2ccc(Cl)cc2)CC1)(c1ccccc1)c1ccccc1)OCC. The Labute approximate surface area is 265 Å². The quantitative estimate of drug-likeness (QED) is 0.131. The lowest BCUT2D eigenvalue weighted by atomic mass is 9.71. The van der Waals surface area contributed by atoms with Crippen molar-refractivity contribution in [2.45, 2.75) is 63.4 Å². The van der Waals surface area contributed by atoms with Crippen LogP contribution in [-0.4, -0.2) is 60.6 Å². The van der Waals surface area contributed by atoms with Crippen LogP contribution in [0, 0.1) is 0 Å². The molecule has 1 N–H and O–H groups in total. The third kappa shape index (κ3) is 8.48. The molecule has 0 atom stereocenters. The number of hydrogen-bond donors (Lipinski definition) is 1. The number of hydrogen-bond acceptors (Lipinski definition) is 6. The minimum atomic E-state index is -0.979. The van der Waals surface area contributed by atoms with Gasteiger partial charge in [0.15, 0.2) is 5.90 Å². The zero-order chi connectivity index (χ0) is 31.4. The van der Waals surface area contributed by atoms with Gasteiger partial charge in [0.1, 0.15) is 0 Å². The summed E-state index contributed by atoms with van der Waals surface area (Å²) in [7, 11) is 0. The van der Waals surface area contributed by atoms with Crippen LogP contribution in [0.3, 0.4) is 0 Å². The monoisotopic (exact) mass is 618 g/mol. The van der Waals surface area contributed by atoms with Gasteiger partial charge >= 0.3 is 5.97 Å². The van der Waals surface area contributed by atoms with Gasteiger partial charge in [0, 0.05) is 36.4 Å². The van der Waals surface area contributed by atoms with E-state index in [-0.39, 0.29) is 18.3 Å². The zero-order valence-corrected chi connectivity index (χ0v) is 26.5. The summed E-state index contributed by atoms with van der Waals surface area (Å²) in [5.41, 5.74) is 1.35. The summed E-state index contributed by atoms with van der Waals surface area (Å²) in [4.78, 5) is 32.6. The second-order valence-corrected chi connectivity index (χ2v) is 11.6. The molecule has 1 aliphatic heterocycles. The molecule has 0 aromatic heterocycles. The third-order valence-corrected chi connectivity index (χ3v) is 8.68. The summed E-state index contributed by atoms with van der Waals surface area (Å²) in [6.07, 6.45) is 2.29. The van der Waals surface area contributed by atoms with E-state index in [1.54, 1.807) is 19.1 Å². The molecule has 44 heavy (non-hydrogen) atoms. The van der Waals surface area contributed by atoms with Crippen molar-refractivity contribution in [1.29, 1.82) is 0 Å². The van der Waals surface area contributed by atoms with Gasteiger partial charge in [0.25, 0.3) is 0 Å². The lowest BCUT2D eigenvalue weighted by Crippen LogP contribution is -2.45. The smallest absolute Gasteiger partial charge is 0.306 e. The molecule has 3 aromatic rings. The first-order valence-corrected chi connectivity index (χ1v) is 15.9. The topological polar surface area (TPSA) is 88.4 Å². The number of aliphatic hydroxyl groups is 1. The van der Waals surface area contributed by atoms with Crippen LogP contribution < -0.4 is 0 Å². The van der Waals surface area contributed by atoms with E-state index in [4.69, 9.17) is 26.1 Å². The van der Waals surface area contributed by atoms with E-state index in [2.05, 4.69) is 24.3 Å². The molecule has 7 nitrogen and oxygen atoms in total. The number of ether oxygens (including phenoxy) is 2. The van der Waals surface area contributed by atoms with Crippen LogP contribution in [0.1, 0.15) is 69.1 Å². The molecule has 234 valence electrons. The number of nitrogens with zero attached hydrogens (tertiary/aromatic N) is 2. The van der Waals surface area contributed by atoms with Crippen LogP contribution in [0.5, 0.6) is 0 Å². The maximum atomic E-state index is 13.7. The summed E-state index contributed by atoms with van der Waals surface area (Å²) in [6.45, 7) is 5.74. The molecular weight excluding hydrogens is 576 g/mol. The highest BCUT2D eigenvalue weighted by molar-refractivity contribution is 6.30. The van der Waals surface area contributed by atoms with Gasteiger partial charge in [-0.25, -0.2) is 0 Å². The van der Waals surface area contributed by atoms with Crippen molar-refractivity contribution in [3.63, 3.8) is 0 Å². The molecular formula is C36H43ClN2O5. The van der Waals surface area contributed by atoms with E-state index in [9.17, 15) is 14.7 Å². The lowest BCUT2D eigenvalue weighted by molar-refractivity contribution is -0.143. The number of carbonyl (C=O) groups is 2. The molecule has 1 fully saturated rings. The average Bonchev–Trinajstić information content (AvgIpc) is 3.05. The highest BCUT2D eigenvalue weighted by Gasteiger charge is 2.38. The van der Waals surface area contributed by atoms with Gasteiger partial charge in [-0.2, -0.15) is 0 Å². The zero-order valence-electron chi connectivity index (χ0n) is 25.7. The van der Waals surface area contributed by atoms with Crippen molar-refractivity contribution >= 4 is 29.4 Å². The number of halogens is 1. The third-order valence-electron chi connectivity index (χ3n) is 8.43. The minimum Gasteiger partial charge on any atom is -0.481 e.